The normalized spacial score (nSPS) is 10.2. The summed E-state index contributed by atoms with van der Waals surface area (Å²) in [5, 5.41) is 2.50. The third kappa shape index (κ3) is 2.62. The lowest BCUT2D eigenvalue weighted by atomic mass is 10.3. The Bertz CT molecular complexity index is 582. The average Bonchev–Trinajstić information content (AvgIpc) is 2.34. The van der Waals surface area contributed by atoms with Crippen molar-refractivity contribution in [1.82, 2.24) is 15.0 Å². The summed E-state index contributed by atoms with van der Waals surface area (Å²) in [4.78, 5) is 11.1. The van der Waals surface area contributed by atoms with Crippen LogP contribution in [0.5, 0.6) is 11.8 Å². The van der Waals surface area contributed by atoms with Gasteiger partial charge >= 0.3 is 6.01 Å². The van der Waals surface area contributed by atoms with E-state index >= 15 is 0 Å². The molecule has 1 N–H and O–H groups in total. The number of rotatable bonds is 3. The van der Waals surface area contributed by atoms with E-state index in [4.69, 9.17) is 16.3 Å². The summed E-state index contributed by atoms with van der Waals surface area (Å²) in [7, 11) is 1.57. The molecular weight excluding hydrogens is 266 g/mol. The molecule has 1 aromatic heterocycles. The van der Waals surface area contributed by atoms with Crippen LogP contribution in [0.1, 0.15) is 0 Å². The molecule has 0 aliphatic carbocycles. The lowest BCUT2D eigenvalue weighted by Crippen LogP contribution is -2.02. The fourth-order valence-corrected chi connectivity index (χ4v) is 1.30. The van der Waals surface area contributed by atoms with E-state index < -0.39 is 11.6 Å². The lowest BCUT2D eigenvalue weighted by molar-refractivity contribution is 0.392. The van der Waals surface area contributed by atoms with Gasteiger partial charge in [0.25, 0.3) is 0 Å². The van der Waals surface area contributed by atoms with Crippen LogP contribution in [0.25, 0.3) is 0 Å². The van der Waals surface area contributed by atoms with Crippen LogP contribution in [0.3, 0.4) is 0 Å². The first kappa shape index (κ1) is 12.4. The molecule has 0 aliphatic heterocycles. The molecule has 0 fully saturated rings. The van der Waals surface area contributed by atoms with E-state index in [1.807, 2.05) is 0 Å². The average molecular weight is 273 g/mol. The maximum absolute atomic E-state index is 13.4. The van der Waals surface area contributed by atoms with E-state index in [0.29, 0.717) is 0 Å². The standard InChI is InChI=1S/C10H7ClF2N4O/c1-14-9-15-8(11)16-10(17-9)18-6-4-2-3-5(12)7(6)13/h2-4H,1H3,(H,14,15,16,17). The highest BCUT2D eigenvalue weighted by Crippen LogP contribution is 2.24. The van der Waals surface area contributed by atoms with Crippen molar-refractivity contribution in [3.63, 3.8) is 0 Å². The van der Waals surface area contributed by atoms with Crippen LogP contribution in [0, 0.1) is 11.6 Å². The summed E-state index contributed by atoms with van der Waals surface area (Å²) in [5.74, 6) is -2.33. The van der Waals surface area contributed by atoms with Gasteiger partial charge in [-0.1, -0.05) is 6.07 Å². The highest BCUT2D eigenvalue weighted by Gasteiger charge is 2.12. The first-order valence-corrected chi connectivity index (χ1v) is 5.19. The zero-order valence-electron chi connectivity index (χ0n) is 9.12. The van der Waals surface area contributed by atoms with Crippen LogP contribution in [0.15, 0.2) is 18.2 Å². The Labute approximate surface area is 106 Å². The Morgan fingerprint density at radius 2 is 2.00 bits per heavy atom. The topological polar surface area (TPSA) is 59.9 Å². The zero-order valence-corrected chi connectivity index (χ0v) is 9.87. The molecule has 0 saturated heterocycles. The zero-order chi connectivity index (χ0) is 13.1. The second-order valence-corrected chi connectivity index (χ2v) is 3.45. The van der Waals surface area contributed by atoms with Crippen molar-refractivity contribution in [2.45, 2.75) is 0 Å². The van der Waals surface area contributed by atoms with Crippen LogP contribution in [-0.2, 0) is 0 Å². The molecule has 18 heavy (non-hydrogen) atoms. The van der Waals surface area contributed by atoms with Crippen molar-refractivity contribution in [2.24, 2.45) is 0 Å². The number of hydrogen-bond acceptors (Lipinski definition) is 5. The van der Waals surface area contributed by atoms with Gasteiger partial charge in [-0.3, -0.25) is 0 Å². The molecule has 2 rings (SSSR count). The molecule has 0 spiro atoms. The minimum absolute atomic E-state index is 0.124. The molecular formula is C10H7ClF2N4O. The van der Waals surface area contributed by atoms with Crippen molar-refractivity contribution < 1.29 is 13.5 Å². The number of nitrogens with zero attached hydrogens (tertiary/aromatic N) is 3. The SMILES string of the molecule is CNc1nc(Cl)nc(Oc2cccc(F)c2F)n1. The van der Waals surface area contributed by atoms with Crippen LogP contribution in [0.2, 0.25) is 5.28 Å². The maximum atomic E-state index is 13.4. The van der Waals surface area contributed by atoms with E-state index in [1.54, 1.807) is 7.05 Å². The summed E-state index contributed by atoms with van der Waals surface area (Å²) in [6.45, 7) is 0. The first-order chi connectivity index (χ1) is 8.60. The van der Waals surface area contributed by atoms with Crippen LogP contribution in [0.4, 0.5) is 14.7 Å². The summed E-state index contributed by atoms with van der Waals surface area (Å²) in [6.07, 6.45) is 0. The maximum Gasteiger partial charge on any atom is 0.328 e. The van der Waals surface area contributed by atoms with Gasteiger partial charge in [-0.25, -0.2) is 4.39 Å². The van der Waals surface area contributed by atoms with E-state index in [2.05, 4.69) is 20.3 Å². The molecule has 0 amide bonds. The Morgan fingerprint density at radius 3 is 2.72 bits per heavy atom. The van der Waals surface area contributed by atoms with Gasteiger partial charge in [-0.15, -0.1) is 0 Å². The number of ether oxygens (including phenoxy) is 1. The largest absolute Gasteiger partial charge is 0.421 e. The molecule has 1 aromatic carbocycles. The summed E-state index contributed by atoms with van der Waals surface area (Å²) < 4.78 is 31.3. The van der Waals surface area contributed by atoms with Crippen molar-refractivity contribution in [3.05, 3.63) is 35.1 Å². The van der Waals surface area contributed by atoms with Gasteiger partial charge < -0.3 is 10.1 Å². The minimum Gasteiger partial charge on any atom is -0.421 e. The summed E-state index contributed by atoms with van der Waals surface area (Å²) in [5.41, 5.74) is 0. The molecule has 0 aliphatic rings. The smallest absolute Gasteiger partial charge is 0.328 e. The van der Waals surface area contributed by atoms with Gasteiger partial charge in [0.2, 0.25) is 17.0 Å². The molecule has 0 atom stereocenters. The third-order valence-corrected chi connectivity index (χ3v) is 2.10. The van der Waals surface area contributed by atoms with Gasteiger partial charge in [0.1, 0.15) is 0 Å². The van der Waals surface area contributed by atoms with Gasteiger partial charge in [-0.2, -0.15) is 19.3 Å². The lowest BCUT2D eigenvalue weighted by Gasteiger charge is -2.06. The molecule has 94 valence electrons. The second-order valence-electron chi connectivity index (χ2n) is 3.11. The molecule has 0 unspecified atom stereocenters. The fourth-order valence-electron chi connectivity index (χ4n) is 1.15. The Hall–Kier alpha value is -2.02. The summed E-state index contributed by atoms with van der Waals surface area (Å²) in [6, 6.07) is 3.29. The Balaban J connectivity index is 2.34. The van der Waals surface area contributed by atoms with Gasteiger partial charge in [-0.05, 0) is 23.7 Å². The monoisotopic (exact) mass is 272 g/mol. The second kappa shape index (κ2) is 5.09. The predicted octanol–water partition coefficient (Wildman–Crippen LogP) is 2.64. The van der Waals surface area contributed by atoms with Gasteiger partial charge in [0.05, 0.1) is 0 Å². The number of halogens is 3. The van der Waals surface area contributed by atoms with E-state index in [0.717, 1.165) is 6.07 Å². The van der Waals surface area contributed by atoms with Gasteiger partial charge in [0, 0.05) is 7.05 Å². The van der Waals surface area contributed by atoms with E-state index in [9.17, 15) is 8.78 Å². The van der Waals surface area contributed by atoms with Crippen molar-refractivity contribution in [2.75, 3.05) is 12.4 Å². The van der Waals surface area contributed by atoms with Crippen LogP contribution in [-0.4, -0.2) is 22.0 Å². The highest BCUT2D eigenvalue weighted by atomic mass is 35.5. The quantitative estimate of drug-likeness (QED) is 0.931. The summed E-state index contributed by atoms with van der Waals surface area (Å²) >= 11 is 5.62. The number of hydrogen-bond donors (Lipinski definition) is 1. The third-order valence-electron chi connectivity index (χ3n) is 1.93. The van der Waals surface area contributed by atoms with Gasteiger partial charge in [0.15, 0.2) is 11.6 Å². The number of anilines is 1. The predicted molar refractivity (Wildman–Crippen MR) is 60.8 cm³/mol. The molecule has 5 nitrogen and oxygen atoms in total. The molecule has 0 bridgehead atoms. The molecule has 0 radical (unpaired) electrons. The fraction of sp³-hybridized carbons (Fsp3) is 0.100. The van der Waals surface area contributed by atoms with Crippen LogP contribution >= 0.6 is 11.6 Å². The minimum atomic E-state index is -1.12. The Kier molecular flexibility index (Phi) is 3.52. The number of nitrogens with one attached hydrogen (secondary N) is 1. The molecule has 0 saturated carbocycles. The first-order valence-electron chi connectivity index (χ1n) is 4.81. The number of benzene rings is 1. The molecule has 2 aromatic rings. The highest BCUT2D eigenvalue weighted by molar-refractivity contribution is 6.28. The van der Waals surface area contributed by atoms with Crippen molar-refractivity contribution in [3.8, 4) is 11.8 Å². The van der Waals surface area contributed by atoms with Crippen molar-refractivity contribution in [1.29, 1.82) is 0 Å². The van der Waals surface area contributed by atoms with E-state index in [-0.39, 0.29) is 23.0 Å². The van der Waals surface area contributed by atoms with Crippen molar-refractivity contribution >= 4 is 17.5 Å². The molecule has 1 heterocycles. The molecule has 8 heteroatoms. The van der Waals surface area contributed by atoms with E-state index in [1.165, 1.54) is 12.1 Å². The van der Waals surface area contributed by atoms with Crippen LogP contribution < -0.4 is 10.1 Å². The Morgan fingerprint density at radius 1 is 1.22 bits per heavy atom. The number of aromatic nitrogens is 3.